The van der Waals surface area contributed by atoms with Crippen LogP contribution in [0.5, 0.6) is 0 Å². The van der Waals surface area contributed by atoms with Crippen LogP contribution in [-0.2, 0) is 16.0 Å². The number of rotatable bonds is 8. The van der Waals surface area contributed by atoms with Gasteiger partial charge in [0.1, 0.15) is 6.54 Å². The zero-order valence-corrected chi connectivity index (χ0v) is 15.4. The molecule has 1 atom stereocenters. The number of carbonyl (C=O) groups excluding carboxylic acids is 1. The molecule has 1 amide bonds. The molecule has 0 radical (unpaired) electrons. The third-order valence-corrected chi connectivity index (χ3v) is 5.05. The van der Waals surface area contributed by atoms with Crippen molar-refractivity contribution in [1.82, 2.24) is 9.80 Å². The largest absolute Gasteiger partial charge is 0.480 e. The number of benzene rings is 1. The highest BCUT2D eigenvalue weighted by molar-refractivity contribution is 5.85. The SMILES string of the molecule is CCCN(CC(=O)O)C(=O)C(C)N1CCC(Cc2ccccc2)CC1. The van der Waals surface area contributed by atoms with Gasteiger partial charge in [0.2, 0.25) is 5.91 Å². The highest BCUT2D eigenvalue weighted by atomic mass is 16.4. The molecule has 1 heterocycles. The molecule has 0 spiro atoms. The van der Waals surface area contributed by atoms with Crippen LogP contribution in [0.4, 0.5) is 0 Å². The molecule has 2 rings (SSSR count). The van der Waals surface area contributed by atoms with E-state index in [0.29, 0.717) is 12.5 Å². The molecule has 1 aliphatic rings. The molecule has 0 saturated carbocycles. The second-order valence-corrected chi connectivity index (χ2v) is 7.00. The topological polar surface area (TPSA) is 60.9 Å². The standard InChI is InChI=1S/C20H30N2O3/c1-3-11-22(15-19(23)24)20(25)16(2)21-12-9-18(10-13-21)14-17-7-5-4-6-8-17/h4-8,16,18H,3,9-15H2,1-2H3,(H,23,24). The van der Waals surface area contributed by atoms with Gasteiger partial charge >= 0.3 is 5.97 Å². The highest BCUT2D eigenvalue weighted by Crippen LogP contribution is 2.23. The van der Waals surface area contributed by atoms with Crippen molar-refractivity contribution in [2.45, 2.75) is 45.6 Å². The fourth-order valence-electron chi connectivity index (χ4n) is 3.61. The average Bonchev–Trinajstić information content (AvgIpc) is 2.61. The van der Waals surface area contributed by atoms with Crippen molar-refractivity contribution >= 4 is 11.9 Å². The smallest absolute Gasteiger partial charge is 0.323 e. The monoisotopic (exact) mass is 346 g/mol. The number of carbonyl (C=O) groups is 2. The quantitative estimate of drug-likeness (QED) is 0.786. The Bertz CT molecular complexity index is 553. The van der Waals surface area contributed by atoms with Gasteiger partial charge in [-0.25, -0.2) is 0 Å². The van der Waals surface area contributed by atoms with E-state index in [-0.39, 0.29) is 18.5 Å². The molecule has 25 heavy (non-hydrogen) atoms. The predicted octanol–water partition coefficient (Wildman–Crippen LogP) is 2.65. The summed E-state index contributed by atoms with van der Waals surface area (Å²) in [5.41, 5.74) is 1.38. The first-order chi connectivity index (χ1) is 12.0. The van der Waals surface area contributed by atoms with Gasteiger partial charge in [0.05, 0.1) is 6.04 Å². The van der Waals surface area contributed by atoms with E-state index in [1.165, 1.54) is 10.5 Å². The zero-order chi connectivity index (χ0) is 18.2. The molecule has 1 N–H and O–H groups in total. The summed E-state index contributed by atoms with van der Waals surface area (Å²) in [4.78, 5) is 27.3. The minimum atomic E-state index is -0.949. The maximum atomic E-state index is 12.7. The van der Waals surface area contributed by atoms with E-state index >= 15 is 0 Å². The third kappa shape index (κ3) is 5.85. The summed E-state index contributed by atoms with van der Waals surface area (Å²) in [6, 6.07) is 10.3. The number of hydrogen-bond acceptors (Lipinski definition) is 3. The van der Waals surface area contributed by atoms with Crippen LogP contribution in [0.2, 0.25) is 0 Å². The second kappa shape index (κ2) is 9.56. The Hall–Kier alpha value is -1.88. The Morgan fingerprint density at radius 2 is 1.88 bits per heavy atom. The van der Waals surface area contributed by atoms with Crippen molar-refractivity contribution in [3.05, 3.63) is 35.9 Å². The first kappa shape index (κ1) is 19.4. The molecular weight excluding hydrogens is 316 g/mol. The van der Waals surface area contributed by atoms with Crippen molar-refractivity contribution < 1.29 is 14.7 Å². The average molecular weight is 346 g/mol. The molecule has 0 aliphatic carbocycles. The first-order valence-electron chi connectivity index (χ1n) is 9.29. The summed E-state index contributed by atoms with van der Waals surface area (Å²) in [5, 5.41) is 9.02. The fraction of sp³-hybridized carbons (Fsp3) is 0.600. The van der Waals surface area contributed by atoms with Crippen molar-refractivity contribution in [2.75, 3.05) is 26.2 Å². The lowest BCUT2D eigenvalue weighted by atomic mass is 9.89. The van der Waals surface area contributed by atoms with E-state index in [0.717, 1.165) is 38.8 Å². The normalized spacial score (nSPS) is 17.2. The maximum absolute atomic E-state index is 12.7. The summed E-state index contributed by atoms with van der Waals surface area (Å²) in [6.45, 7) is 5.96. The Kier molecular flexibility index (Phi) is 7.44. The Labute approximate surface area is 150 Å². The van der Waals surface area contributed by atoms with Gasteiger partial charge in [-0.3, -0.25) is 14.5 Å². The second-order valence-electron chi connectivity index (χ2n) is 7.00. The molecule has 0 aromatic heterocycles. The van der Waals surface area contributed by atoms with E-state index in [2.05, 4.69) is 29.2 Å². The van der Waals surface area contributed by atoms with Gasteiger partial charge in [-0.1, -0.05) is 37.3 Å². The number of amides is 1. The maximum Gasteiger partial charge on any atom is 0.323 e. The lowest BCUT2D eigenvalue weighted by Gasteiger charge is -2.37. The van der Waals surface area contributed by atoms with Gasteiger partial charge in [0.25, 0.3) is 0 Å². The summed E-state index contributed by atoms with van der Waals surface area (Å²) in [6.07, 6.45) is 4.03. The Balaban J connectivity index is 1.85. The van der Waals surface area contributed by atoms with E-state index in [4.69, 9.17) is 5.11 Å². The number of aliphatic carboxylic acids is 1. The molecule has 1 fully saturated rings. The Morgan fingerprint density at radius 1 is 1.24 bits per heavy atom. The van der Waals surface area contributed by atoms with E-state index in [1.807, 2.05) is 19.9 Å². The van der Waals surface area contributed by atoms with Crippen molar-refractivity contribution in [3.63, 3.8) is 0 Å². The van der Waals surface area contributed by atoms with Gasteiger partial charge in [-0.05, 0) is 57.2 Å². The fourth-order valence-corrected chi connectivity index (χ4v) is 3.61. The van der Waals surface area contributed by atoms with Crippen LogP contribution in [0.25, 0.3) is 0 Å². The van der Waals surface area contributed by atoms with Crippen LogP contribution in [0.3, 0.4) is 0 Å². The first-order valence-corrected chi connectivity index (χ1v) is 9.29. The predicted molar refractivity (Wildman–Crippen MR) is 98.4 cm³/mol. The van der Waals surface area contributed by atoms with Gasteiger partial charge in [-0.15, -0.1) is 0 Å². The van der Waals surface area contributed by atoms with Crippen LogP contribution in [0.1, 0.15) is 38.7 Å². The molecule has 0 bridgehead atoms. The number of piperidine rings is 1. The van der Waals surface area contributed by atoms with Gasteiger partial charge < -0.3 is 10.0 Å². The minimum absolute atomic E-state index is 0.0641. The molecular formula is C20H30N2O3. The minimum Gasteiger partial charge on any atom is -0.480 e. The third-order valence-electron chi connectivity index (χ3n) is 5.05. The van der Waals surface area contributed by atoms with Crippen molar-refractivity contribution in [2.24, 2.45) is 5.92 Å². The molecule has 1 saturated heterocycles. The van der Waals surface area contributed by atoms with Crippen molar-refractivity contribution in [3.8, 4) is 0 Å². The lowest BCUT2D eigenvalue weighted by Crippen LogP contribution is -2.51. The van der Waals surface area contributed by atoms with Crippen molar-refractivity contribution in [1.29, 1.82) is 0 Å². The lowest BCUT2D eigenvalue weighted by molar-refractivity contribution is -0.147. The molecule has 138 valence electrons. The number of carboxylic acid groups (broad SMARTS) is 1. The number of nitrogens with zero attached hydrogens (tertiary/aromatic N) is 2. The number of likely N-dealkylation sites (tertiary alicyclic amines) is 1. The zero-order valence-electron chi connectivity index (χ0n) is 15.4. The summed E-state index contributed by atoms with van der Waals surface area (Å²) in [7, 11) is 0. The number of hydrogen-bond donors (Lipinski definition) is 1. The van der Waals surface area contributed by atoms with E-state index in [1.54, 1.807) is 0 Å². The summed E-state index contributed by atoms with van der Waals surface area (Å²) in [5.74, 6) is -0.354. The van der Waals surface area contributed by atoms with Crippen LogP contribution in [0.15, 0.2) is 30.3 Å². The molecule has 1 aromatic carbocycles. The van der Waals surface area contributed by atoms with Crippen LogP contribution in [-0.4, -0.2) is 59.0 Å². The van der Waals surface area contributed by atoms with Gasteiger partial charge in [-0.2, -0.15) is 0 Å². The summed E-state index contributed by atoms with van der Waals surface area (Å²) < 4.78 is 0. The molecule has 1 aromatic rings. The summed E-state index contributed by atoms with van der Waals surface area (Å²) >= 11 is 0. The van der Waals surface area contributed by atoms with Crippen LogP contribution in [0, 0.1) is 5.92 Å². The molecule has 1 aliphatic heterocycles. The molecule has 1 unspecified atom stereocenters. The van der Waals surface area contributed by atoms with Gasteiger partial charge in [0.15, 0.2) is 0 Å². The van der Waals surface area contributed by atoms with E-state index < -0.39 is 5.97 Å². The van der Waals surface area contributed by atoms with E-state index in [9.17, 15) is 9.59 Å². The molecule has 5 nitrogen and oxygen atoms in total. The van der Waals surface area contributed by atoms with Crippen LogP contribution < -0.4 is 0 Å². The highest BCUT2D eigenvalue weighted by Gasteiger charge is 2.29. The van der Waals surface area contributed by atoms with Gasteiger partial charge in [0, 0.05) is 6.54 Å². The Morgan fingerprint density at radius 3 is 2.44 bits per heavy atom. The molecule has 5 heteroatoms. The number of carboxylic acids is 1. The van der Waals surface area contributed by atoms with Crippen LogP contribution >= 0.6 is 0 Å².